The average molecular weight is 283 g/mol. The van der Waals surface area contributed by atoms with Crippen molar-refractivity contribution < 1.29 is 0 Å². The molecule has 1 aromatic rings. The van der Waals surface area contributed by atoms with Crippen LogP contribution in [0, 0.1) is 0 Å². The lowest BCUT2D eigenvalue weighted by atomic mass is 10.0. The summed E-state index contributed by atoms with van der Waals surface area (Å²) < 4.78 is 1.19. The average Bonchev–Trinajstić information content (AvgIpc) is 2.73. The zero-order valence-corrected chi connectivity index (χ0v) is 11.3. The van der Waals surface area contributed by atoms with E-state index in [4.69, 9.17) is 5.73 Å². The molecule has 16 heavy (non-hydrogen) atoms. The molecule has 2 nitrogen and oxygen atoms in total. The van der Waals surface area contributed by atoms with Gasteiger partial charge in [0.25, 0.3) is 0 Å². The molecule has 1 saturated heterocycles. The molecule has 1 aliphatic rings. The van der Waals surface area contributed by atoms with Gasteiger partial charge in [0.05, 0.1) is 0 Å². The normalized spacial score (nSPS) is 17.8. The van der Waals surface area contributed by atoms with Crippen molar-refractivity contribution >= 4 is 21.6 Å². The van der Waals surface area contributed by atoms with Crippen molar-refractivity contribution in [2.24, 2.45) is 5.73 Å². The summed E-state index contributed by atoms with van der Waals surface area (Å²) in [6.07, 6.45) is 3.56. The van der Waals surface area contributed by atoms with E-state index >= 15 is 0 Å². The first-order valence-corrected chi connectivity index (χ1v) is 6.75. The molecule has 1 aliphatic heterocycles. The van der Waals surface area contributed by atoms with Gasteiger partial charge in [-0.1, -0.05) is 22.0 Å². The van der Waals surface area contributed by atoms with Gasteiger partial charge in [-0.25, -0.2) is 0 Å². The predicted octanol–water partition coefficient (Wildman–Crippen LogP) is 2.94. The molecule has 0 amide bonds. The van der Waals surface area contributed by atoms with Crippen molar-refractivity contribution in [1.82, 2.24) is 0 Å². The van der Waals surface area contributed by atoms with Crippen LogP contribution in [0.15, 0.2) is 22.7 Å². The predicted molar refractivity (Wildman–Crippen MR) is 72.9 cm³/mol. The minimum Gasteiger partial charge on any atom is -0.371 e. The summed E-state index contributed by atoms with van der Waals surface area (Å²) in [7, 11) is 0. The molecule has 2 N–H and O–H groups in total. The monoisotopic (exact) mass is 282 g/mol. The van der Waals surface area contributed by atoms with Crippen LogP contribution < -0.4 is 10.6 Å². The fourth-order valence-corrected chi connectivity index (χ4v) is 2.84. The summed E-state index contributed by atoms with van der Waals surface area (Å²) in [6.45, 7) is 4.43. The highest BCUT2D eigenvalue weighted by molar-refractivity contribution is 9.10. The molecular weight excluding hydrogens is 264 g/mol. The van der Waals surface area contributed by atoms with E-state index < -0.39 is 0 Å². The van der Waals surface area contributed by atoms with Crippen molar-refractivity contribution in [2.45, 2.75) is 32.2 Å². The minimum atomic E-state index is 0.208. The largest absolute Gasteiger partial charge is 0.371 e. The Morgan fingerprint density at radius 3 is 2.69 bits per heavy atom. The SMILES string of the molecule is CC(N)Cc1c(Br)cccc1N1CCCC1. The Hall–Kier alpha value is -0.540. The van der Waals surface area contributed by atoms with Crippen LogP contribution in [-0.4, -0.2) is 19.1 Å². The number of benzene rings is 1. The van der Waals surface area contributed by atoms with Gasteiger partial charge in [-0.05, 0) is 43.9 Å². The molecule has 3 heteroatoms. The van der Waals surface area contributed by atoms with E-state index in [1.165, 1.54) is 41.7 Å². The highest BCUT2D eigenvalue weighted by Crippen LogP contribution is 2.30. The summed E-state index contributed by atoms with van der Waals surface area (Å²) in [5.74, 6) is 0. The van der Waals surface area contributed by atoms with Gasteiger partial charge in [0.15, 0.2) is 0 Å². The molecule has 1 unspecified atom stereocenters. The summed E-state index contributed by atoms with van der Waals surface area (Å²) in [6, 6.07) is 6.65. The smallest absolute Gasteiger partial charge is 0.0410 e. The summed E-state index contributed by atoms with van der Waals surface area (Å²) in [5, 5.41) is 0. The first kappa shape index (κ1) is 11.9. The Morgan fingerprint density at radius 2 is 2.06 bits per heavy atom. The molecule has 1 fully saturated rings. The molecule has 1 atom stereocenters. The number of nitrogens with zero attached hydrogens (tertiary/aromatic N) is 1. The molecule has 88 valence electrons. The highest BCUT2D eigenvalue weighted by Gasteiger charge is 2.17. The van der Waals surface area contributed by atoms with Gasteiger partial charge >= 0.3 is 0 Å². The molecule has 0 bridgehead atoms. The van der Waals surface area contributed by atoms with Crippen molar-refractivity contribution in [2.75, 3.05) is 18.0 Å². The van der Waals surface area contributed by atoms with Gasteiger partial charge in [-0.15, -0.1) is 0 Å². The Morgan fingerprint density at radius 1 is 1.38 bits per heavy atom. The maximum atomic E-state index is 5.92. The lowest BCUT2D eigenvalue weighted by Crippen LogP contribution is -2.23. The Labute approximate surface area is 106 Å². The van der Waals surface area contributed by atoms with E-state index in [0.29, 0.717) is 0 Å². The van der Waals surface area contributed by atoms with Crippen LogP contribution in [0.1, 0.15) is 25.3 Å². The molecule has 0 spiro atoms. The van der Waals surface area contributed by atoms with Crippen LogP contribution >= 0.6 is 15.9 Å². The number of rotatable bonds is 3. The Kier molecular flexibility index (Phi) is 3.87. The van der Waals surface area contributed by atoms with Gasteiger partial charge < -0.3 is 10.6 Å². The summed E-state index contributed by atoms with van der Waals surface area (Å²) in [5.41, 5.74) is 8.65. The molecule has 0 radical (unpaired) electrons. The zero-order valence-electron chi connectivity index (χ0n) is 9.75. The zero-order chi connectivity index (χ0) is 11.5. The standard InChI is InChI=1S/C13H19BrN2/c1-10(15)9-11-12(14)5-4-6-13(11)16-7-2-3-8-16/h4-6,10H,2-3,7-9,15H2,1H3. The maximum absolute atomic E-state index is 5.92. The van der Waals surface area contributed by atoms with Crippen LogP contribution in [-0.2, 0) is 6.42 Å². The first-order valence-electron chi connectivity index (χ1n) is 5.96. The van der Waals surface area contributed by atoms with E-state index in [1.54, 1.807) is 0 Å². The highest BCUT2D eigenvalue weighted by atomic mass is 79.9. The lowest BCUT2D eigenvalue weighted by Gasteiger charge is -2.23. The van der Waals surface area contributed by atoms with Crippen LogP contribution in [0.2, 0.25) is 0 Å². The van der Waals surface area contributed by atoms with E-state index in [1.807, 2.05) is 0 Å². The Bertz CT molecular complexity index is 357. The summed E-state index contributed by atoms with van der Waals surface area (Å²) >= 11 is 3.64. The number of hydrogen-bond acceptors (Lipinski definition) is 2. The van der Waals surface area contributed by atoms with Gasteiger partial charge in [0, 0.05) is 29.3 Å². The number of halogens is 1. The molecule has 1 heterocycles. The van der Waals surface area contributed by atoms with Gasteiger partial charge in [0.1, 0.15) is 0 Å². The van der Waals surface area contributed by atoms with Crippen molar-refractivity contribution in [3.63, 3.8) is 0 Å². The molecule has 0 aromatic heterocycles. The second kappa shape index (κ2) is 5.19. The second-order valence-corrected chi connectivity index (χ2v) is 5.47. The molecule has 0 aliphatic carbocycles. The molecular formula is C13H19BrN2. The first-order chi connectivity index (χ1) is 7.68. The van der Waals surface area contributed by atoms with Gasteiger partial charge in [-0.2, -0.15) is 0 Å². The fraction of sp³-hybridized carbons (Fsp3) is 0.538. The van der Waals surface area contributed by atoms with E-state index in [0.717, 1.165) is 6.42 Å². The van der Waals surface area contributed by atoms with Crippen LogP contribution in [0.5, 0.6) is 0 Å². The molecule has 0 saturated carbocycles. The quantitative estimate of drug-likeness (QED) is 0.924. The molecule has 1 aromatic carbocycles. The van der Waals surface area contributed by atoms with Crippen LogP contribution in [0.25, 0.3) is 0 Å². The van der Waals surface area contributed by atoms with E-state index in [-0.39, 0.29) is 6.04 Å². The maximum Gasteiger partial charge on any atom is 0.0410 e. The minimum absolute atomic E-state index is 0.208. The van der Waals surface area contributed by atoms with Gasteiger partial charge in [-0.3, -0.25) is 0 Å². The third kappa shape index (κ3) is 2.58. The number of anilines is 1. The lowest BCUT2D eigenvalue weighted by molar-refractivity contribution is 0.732. The topological polar surface area (TPSA) is 29.3 Å². The van der Waals surface area contributed by atoms with Crippen molar-refractivity contribution in [3.8, 4) is 0 Å². The Balaban J connectivity index is 2.31. The fourth-order valence-electron chi connectivity index (χ4n) is 2.33. The van der Waals surface area contributed by atoms with Crippen molar-refractivity contribution in [3.05, 3.63) is 28.2 Å². The molecule has 2 rings (SSSR count). The number of hydrogen-bond donors (Lipinski definition) is 1. The van der Waals surface area contributed by atoms with Crippen LogP contribution in [0.3, 0.4) is 0 Å². The van der Waals surface area contributed by atoms with E-state index in [9.17, 15) is 0 Å². The van der Waals surface area contributed by atoms with E-state index in [2.05, 4.69) is 46.0 Å². The number of nitrogens with two attached hydrogens (primary N) is 1. The third-order valence-electron chi connectivity index (χ3n) is 3.07. The van der Waals surface area contributed by atoms with Gasteiger partial charge in [0.2, 0.25) is 0 Å². The summed E-state index contributed by atoms with van der Waals surface area (Å²) in [4.78, 5) is 2.47. The third-order valence-corrected chi connectivity index (χ3v) is 3.81. The second-order valence-electron chi connectivity index (χ2n) is 4.61. The van der Waals surface area contributed by atoms with Crippen molar-refractivity contribution in [1.29, 1.82) is 0 Å². The van der Waals surface area contributed by atoms with Crippen LogP contribution in [0.4, 0.5) is 5.69 Å².